The number of aromatic nitrogens is 4. The Morgan fingerprint density at radius 2 is 2.06 bits per heavy atom. The number of nitrogens with one attached hydrogen (secondary N) is 1. The number of carbonyl (C=O) groups is 1. The number of rotatable bonds is 5. The summed E-state index contributed by atoms with van der Waals surface area (Å²) in [4.78, 5) is 21.4. The first-order valence-corrected chi connectivity index (χ1v) is 10.1. The smallest absolute Gasteiger partial charge is 0.251 e. The minimum atomic E-state index is -0.105. The molecule has 5 aromatic rings. The molecule has 0 unspecified atom stereocenters. The largest absolute Gasteiger partial charge is 0.361 e. The maximum absolute atomic E-state index is 12.7. The van der Waals surface area contributed by atoms with Gasteiger partial charge in [0.15, 0.2) is 0 Å². The molecule has 1 N–H and O–H groups in total. The number of amides is 1. The second-order valence-corrected chi connectivity index (χ2v) is 7.51. The van der Waals surface area contributed by atoms with Gasteiger partial charge in [0.25, 0.3) is 5.91 Å². The molecule has 0 radical (unpaired) electrons. The number of nitrogens with zero attached hydrogens (tertiary/aromatic N) is 4. The second-order valence-electron chi connectivity index (χ2n) is 7.51. The van der Waals surface area contributed by atoms with Crippen LogP contribution in [-0.4, -0.2) is 32.0 Å². The molecule has 0 aliphatic heterocycles. The molecule has 3 aromatic heterocycles. The van der Waals surface area contributed by atoms with Crippen molar-refractivity contribution in [3.63, 3.8) is 0 Å². The predicted molar refractivity (Wildman–Crippen MR) is 118 cm³/mol. The highest BCUT2D eigenvalue weighted by molar-refractivity contribution is 6.03. The summed E-state index contributed by atoms with van der Waals surface area (Å²) in [7, 11) is 0. The van der Waals surface area contributed by atoms with Crippen LogP contribution < -0.4 is 5.32 Å². The molecular weight excluding hydrogens is 390 g/mol. The molecule has 3 heterocycles. The van der Waals surface area contributed by atoms with Gasteiger partial charge in [0.05, 0.1) is 11.4 Å². The summed E-state index contributed by atoms with van der Waals surface area (Å²) in [5, 5.41) is 9.11. The van der Waals surface area contributed by atoms with E-state index in [1.54, 1.807) is 6.20 Å². The summed E-state index contributed by atoms with van der Waals surface area (Å²) in [6.07, 6.45) is 6.19. The Kier molecular flexibility index (Phi) is 4.71. The van der Waals surface area contributed by atoms with Gasteiger partial charge in [-0.1, -0.05) is 29.4 Å². The highest BCUT2D eigenvalue weighted by Gasteiger charge is 2.15. The fourth-order valence-electron chi connectivity index (χ4n) is 3.92. The fourth-order valence-corrected chi connectivity index (χ4v) is 3.92. The van der Waals surface area contributed by atoms with Crippen molar-refractivity contribution < 1.29 is 9.32 Å². The third kappa shape index (κ3) is 3.54. The number of benzene rings is 2. The van der Waals surface area contributed by atoms with Gasteiger partial charge in [-0.25, -0.2) is 9.97 Å². The lowest BCUT2D eigenvalue weighted by Gasteiger charge is -2.09. The van der Waals surface area contributed by atoms with Gasteiger partial charge in [-0.15, -0.1) is 0 Å². The van der Waals surface area contributed by atoms with Gasteiger partial charge in [0.2, 0.25) is 5.78 Å². The summed E-state index contributed by atoms with van der Waals surface area (Å²) < 4.78 is 7.21. The maximum Gasteiger partial charge on any atom is 0.251 e. The normalized spacial score (nSPS) is 11.3. The molecule has 0 saturated heterocycles. The summed E-state index contributed by atoms with van der Waals surface area (Å²) >= 11 is 0. The summed E-state index contributed by atoms with van der Waals surface area (Å²) in [5.74, 6) is 1.34. The molecule has 31 heavy (non-hydrogen) atoms. The van der Waals surface area contributed by atoms with E-state index in [1.807, 2.05) is 67.0 Å². The lowest BCUT2D eigenvalue weighted by Crippen LogP contribution is -2.25. The van der Waals surface area contributed by atoms with Crippen LogP contribution >= 0.6 is 0 Å². The quantitative estimate of drug-likeness (QED) is 0.470. The minimum absolute atomic E-state index is 0.105. The van der Waals surface area contributed by atoms with Crippen LogP contribution in [-0.2, 0) is 6.42 Å². The Balaban J connectivity index is 1.33. The lowest BCUT2D eigenvalue weighted by molar-refractivity contribution is 0.0954. The molecular formula is C24H21N5O2. The number of fused-ring (bicyclic) bond motifs is 2. The minimum Gasteiger partial charge on any atom is -0.361 e. The number of carbonyl (C=O) groups excluding carboxylic acids is 1. The van der Waals surface area contributed by atoms with E-state index in [-0.39, 0.29) is 5.91 Å². The molecule has 0 spiro atoms. The molecule has 5 rings (SSSR count). The van der Waals surface area contributed by atoms with Gasteiger partial charge < -0.3 is 9.84 Å². The van der Waals surface area contributed by atoms with Crippen LogP contribution in [0.1, 0.15) is 27.5 Å². The van der Waals surface area contributed by atoms with Crippen LogP contribution in [0.15, 0.2) is 65.6 Å². The summed E-state index contributed by atoms with van der Waals surface area (Å²) in [6, 6.07) is 13.7. The highest BCUT2D eigenvalue weighted by atomic mass is 16.5. The van der Waals surface area contributed by atoms with Gasteiger partial charge in [0, 0.05) is 42.7 Å². The fraction of sp³-hybridized carbons (Fsp3) is 0.167. The molecule has 0 atom stereocenters. The van der Waals surface area contributed by atoms with E-state index >= 15 is 0 Å². The van der Waals surface area contributed by atoms with Crippen LogP contribution in [0.5, 0.6) is 0 Å². The van der Waals surface area contributed by atoms with Crippen LogP contribution in [0.4, 0.5) is 0 Å². The summed E-state index contributed by atoms with van der Waals surface area (Å²) in [5.41, 5.74) is 4.43. The first-order chi connectivity index (χ1) is 15.1. The molecule has 0 aliphatic rings. The van der Waals surface area contributed by atoms with Crippen molar-refractivity contribution in [2.75, 3.05) is 6.54 Å². The van der Waals surface area contributed by atoms with Crippen molar-refractivity contribution in [3.05, 3.63) is 83.8 Å². The first-order valence-electron chi connectivity index (χ1n) is 10.1. The number of hydrogen-bond acceptors (Lipinski definition) is 5. The van der Waals surface area contributed by atoms with Crippen molar-refractivity contribution in [1.29, 1.82) is 0 Å². The molecule has 1 amide bonds. The Morgan fingerprint density at radius 3 is 2.87 bits per heavy atom. The van der Waals surface area contributed by atoms with Crippen LogP contribution in [0.2, 0.25) is 0 Å². The molecule has 0 aliphatic carbocycles. The lowest BCUT2D eigenvalue weighted by atomic mass is 9.96. The van der Waals surface area contributed by atoms with Gasteiger partial charge in [-0.05, 0) is 48.4 Å². The summed E-state index contributed by atoms with van der Waals surface area (Å²) in [6.45, 7) is 4.35. The molecule has 154 valence electrons. The van der Waals surface area contributed by atoms with E-state index in [9.17, 15) is 4.79 Å². The predicted octanol–water partition coefficient (Wildman–Crippen LogP) is 4.13. The van der Waals surface area contributed by atoms with Crippen molar-refractivity contribution >= 4 is 22.5 Å². The van der Waals surface area contributed by atoms with Crippen LogP contribution in [0.3, 0.4) is 0 Å². The average Bonchev–Trinajstić information content (AvgIpc) is 3.35. The third-order valence-corrected chi connectivity index (χ3v) is 5.40. The zero-order chi connectivity index (χ0) is 21.4. The Morgan fingerprint density at radius 1 is 1.16 bits per heavy atom. The molecule has 2 aromatic carbocycles. The zero-order valence-corrected chi connectivity index (χ0v) is 17.3. The molecule has 0 saturated carbocycles. The Hall–Kier alpha value is -4.00. The number of hydrogen-bond donors (Lipinski definition) is 1. The van der Waals surface area contributed by atoms with Crippen molar-refractivity contribution in [2.24, 2.45) is 0 Å². The molecule has 7 heteroatoms. The van der Waals surface area contributed by atoms with Crippen molar-refractivity contribution in [2.45, 2.75) is 20.3 Å². The molecule has 0 bridgehead atoms. The van der Waals surface area contributed by atoms with E-state index in [2.05, 4.69) is 26.5 Å². The Bertz CT molecular complexity index is 1360. The van der Waals surface area contributed by atoms with Gasteiger partial charge in [-0.3, -0.25) is 9.20 Å². The van der Waals surface area contributed by atoms with Gasteiger partial charge >= 0.3 is 0 Å². The van der Waals surface area contributed by atoms with E-state index in [1.165, 1.54) is 0 Å². The average molecular weight is 411 g/mol. The van der Waals surface area contributed by atoms with Crippen LogP contribution in [0.25, 0.3) is 27.7 Å². The number of imidazole rings is 1. The van der Waals surface area contributed by atoms with Crippen molar-refractivity contribution in [1.82, 2.24) is 24.8 Å². The standard InChI is InChI=1S/C24H21N5O2/c1-15-22(16(2)31-28-15)21-6-3-5-17-13-18(7-8-20(17)21)23(30)25-11-9-19-14-29-12-4-10-26-24(29)27-19/h3-8,10,12-14H,9,11H2,1-2H3,(H,25,30). The molecule has 7 nitrogen and oxygen atoms in total. The van der Waals surface area contributed by atoms with E-state index in [0.29, 0.717) is 24.3 Å². The maximum atomic E-state index is 12.7. The monoisotopic (exact) mass is 411 g/mol. The second kappa shape index (κ2) is 7.68. The van der Waals surface area contributed by atoms with Crippen LogP contribution in [0, 0.1) is 13.8 Å². The van der Waals surface area contributed by atoms with Gasteiger partial charge in [0.1, 0.15) is 5.76 Å². The van der Waals surface area contributed by atoms with E-state index < -0.39 is 0 Å². The van der Waals surface area contributed by atoms with Crippen molar-refractivity contribution in [3.8, 4) is 11.1 Å². The SMILES string of the molecule is Cc1noc(C)c1-c1cccc2cc(C(=O)NCCc3cn4cccnc4n3)ccc12. The molecule has 0 fully saturated rings. The van der Waals surface area contributed by atoms with E-state index in [0.717, 1.165) is 39.0 Å². The highest BCUT2D eigenvalue weighted by Crippen LogP contribution is 2.33. The zero-order valence-electron chi connectivity index (χ0n) is 17.3. The number of aryl methyl sites for hydroxylation is 2. The Labute approximate surface area is 178 Å². The van der Waals surface area contributed by atoms with Gasteiger partial charge in [-0.2, -0.15) is 0 Å². The van der Waals surface area contributed by atoms with E-state index in [4.69, 9.17) is 4.52 Å². The first kappa shape index (κ1) is 19.0. The topological polar surface area (TPSA) is 85.3 Å². The third-order valence-electron chi connectivity index (χ3n) is 5.40.